The van der Waals surface area contributed by atoms with E-state index in [4.69, 9.17) is 5.73 Å². The minimum absolute atomic E-state index is 0.0744. The maximum absolute atomic E-state index is 12.8. The summed E-state index contributed by atoms with van der Waals surface area (Å²) in [6, 6.07) is -0.963. The first-order valence-corrected chi connectivity index (χ1v) is 13.7. The van der Waals surface area contributed by atoms with Crippen LogP contribution in [-0.4, -0.2) is 76.1 Å². The van der Waals surface area contributed by atoms with Gasteiger partial charge in [-0.2, -0.15) is 0 Å². The number of amides is 2. The van der Waals surface area contributed by atoms with E-state index in [1.165, 1.54) is 56.9 Å². The van der Waals surface area contributed by atoms with Gasteiger partial charge in [-0.15, -0.1) is 45.1 Å². The molecule has 12 nitrogen and oxygen atoms in total. The minimum Gasteiger partial charge on any atom is -0.477 e. The smallest absolute Gasteiger partial charge is 0.353 e. The number of rotatable bonds is 8. The van der Waals surface area contributed by atoms with Gasteiger partial charge >= 0.3 is 5.97 Å². The second-order valence-electron chi connectivity index (χ2n) is 6.45. The molecule has 174 valence electrons. The summed E-state index contributed by atoms with van der Waals surface area (Å²) in [5, 5.41) is 34.8. The van der Waals surface area contributed by atoms with Crippen LogP contribution >= 0.6 is 58.0 Å². The molecule has 5 N–H and O–H groups in total. The van der Waals surface area contributed by atoms with Crippen LogP contribution in [0.1, 0.15) is 10.7 Å². The Bertz CT molecular complexity index is 1180. The fourth-order valence-electron chi connectivity index (χ4n) is 3.01. The Morgan fingerprint density at radius 3 is 2.79 bits per heavy atom. The van der Waals surface area contributed by atoms with Crippen LogP contribution in [-0.2, 0) is 14.4 Å². The normalized spacial score (nSPS) is 20.5. The molecular formula is C16H15N7O5S5. The molecule has 2 aromatic heterocycles. The van der Waals surface area contributed by atoms with Crippen molar-refractivity contribution in [1.29, 1.82) is 0 Å². The van der Waals surface area contributed by atoms with Gasteiger partial charge in [-0.05, 0) is 6.92 Å². The van der Waals surface area contributed by atoms with Crippen LogP contribution in [0.3, 0.4) is 0 Å². The Morgan fingerprint density at radius 2 is 2.18 bits per heavy atom. The molecular weight excluding hydrogens is 531 g/mol. The molecule has 2 amide bonds. The van der Waals surface area contributed by atoms with Crippen LogP contribution in [0.15, 0.2) is 25.5 Å². The van der Waals surface area contributed by atoms with E-state index >= 15 is 0 Å². The molecule has 1 fully saturated rings. The third-order valence-corrected chi connectivity index (χ3v) is 9.76. The van der Waals surface area contributed by atoms with Crippen molar-refractivity contribution in [3.63, 3.8) is 0 Å². The number of carbonyl (C=O) groups excluding carboxylic acids is 2. The van der Waals surface area contributed by atoms with E-state index in [1.807, 2.05) is 6.92 Å². The number of β-lactam (4-membered cyclic amide) rings is 1. The number of thiazole rings is 1. The number of hydrogen-bond donors (Lipinski definition) is 4. The lowest BCUT2D eigenvalue weighted by Gasteiger charge is -2.49. The number of aliphatic carboxylic acids is 1. The van der Waals surface area contributed by atoms with Crippen molar-refractivity contribution in [2.45, 2.75) is 22.7 Å². The molecule has 2 aliphatic heterocycles. The van der Waals surface area contributed by atoms with Gasteiger partial charge in [0.05, 0.1) is 5.08 Å². The van der Waals surface area contributed by atoms with E-state index in [9.17, 15) is 24.7 Å². The third-order valence-electron chi connectivity index (χ3n) is 4.43. The number of nitrogens with one attached hydrogen (secondary N) is 1. The molecule has 0 aliphatic carbocycles. The van der Waals surface area contributed by atoms with E-state index in [0.29, 0.717) is 15.7 Å². The Kier molecular flexibility index (Phi) is 7.13. The Labute approximate surface area is 207 Å². The van der Waals surface area contributed by atoms with E-state index < -0.39 is 29.2 Å². The molecule has 33 heavy (non-hydrogen) atoms. The molecule has 0 saturated carbocycles. The fraction of sp³-hybridized carbons (Fsp3) is 0.312. The van der Waals surface area contributed by atoms with Gasteiger partial charge in [0, 0.05) is 16.0 Å². The van der Waals surface area contributed by atoms with Gasteiger partial charge in [0.25, 0.3) is 11.8 Å². The lowest BCUT2D eigenvalue weighted by molar-refractivity contribution is -0.150. The predicted octanol–water partition coefficient (Wildman–Crippen LogP) is 1.24. The first-order chi connectivity index (χ1) is 15.8. The van der Waals surface area contributed by atoms with Crippen LogP contribution in [0.4, 0.5) is 5.13 Å². The second kappa shape index (κ2) is 9.88. The van der Waals surface area contributed by atoms with Gasteiger partial charge in [0.2, 0.25) is 0 Å². The predicted molar refractivity (Wildman–Crippen MR) is 127 cm³/mol. The van der Waals surface area contributed by atoms with E-state index in [1.54, 1.807) is 0 Å². The number of nitrogens with zero attached hydrogens (tertiary/aromatic N) is 5. The summed E-state index contributed by atoms with van der Waals surface area (Å²) in [6.45, 7) is 1.85. The number of thioether (sulfide) groups is 3. The molecule has 0 aromatic carbocycles. The molecule has 2 aliphatic rings. The SMILES string of the molecule is Cc1nnc(SCSC2=C(C(=O)O)N3C(=O)[C@@H](NC(=O)/C(=N\O)c4csc(N)n4)[C@@H]3SC2)s1. The van der Waals surface area contributed by atoms with E-state index in [0.717, 1.165) is 20.7 Å². The summed E-state index contributed by atoms with van der Waals surface area (Å²) in [6.07, 6.45) is 0. The molecule has 4 heterocycles. The summed E-state index contributed by atoms with van der Waals surface area (Å²) in [5.74, 6) is -2.22. The van der Waals surface area contributed by atoms with Crippen molar-refractivity contribution in [1.82, 2.24) is 25.4 Å². The molecule has 2 aromatic rings. The number of fused-ring (bicyclic) bond motifs is 1. The van der Waals surface area contributed by atoms with Gasteiger partial charge in [0.1, 0.15) is 27.8 Å². The van der Waals surface area contributed by atoms with Gasteiger partial charge in [-0.25, -0.2) is 9.78 Å². The zero-order valence-electron chi connectivity index (χ0n) is 16.6. The number of nitrogens with two attached hydrogens (primary N) is 1. The quantitative estimate of drug-likeness (QED) is 0.0930. The number of hydrogen-bond acceptors (Lipinski definition) is 14. The Morgan fingerprint density at radius 1 is 1.39 bits per heavy atom. The number of carboxylic acids is 1. The fourth-order valence-corrected chi connectivity index (χ4v) is 8.36. The van der Waals surface area contributed by atoms with Crippen molar-refractivity contribution >= 4 is 86.6 Å². The molecule has 1 saturated heterocycles. The maximum Gasteiger partial charge on any atom is 0.353 e. The number of nitrogen functional groups attached to an aromatic ring is 1. The van der Waals surface area contributed by atoms with Gasteiger partial charge in [0.15, 0.2) is 15.2 Å². The summed E-state index contributed by atoms with van der Waals surface area (Å²) in [4.78, 5) is 42.9. The monoisotopic (exact) mass is 545 g/mol. The third kappa shape index (κ3) is 4.81. The van der Waals surface area contributed by atoms with Crippen molar-refractivity contribution in [3.8, 4) is 0 Å². The van der Waals surface area contributed by atoms with Gasteiger partial charge in [-0.3, -0.25) is 14.5 Å². The zero-order valence-corrected chi connectivity index (χ0v) is 20.7. The number of oxime groups is 1. The highest BCUT2D eigenvalue weighted by Crippen LogP contribution is 2.44. The first kappa shape index (κ1) is 23.8. The molecule has 2 atom stereocenters. The Balaban J connectivity index is 1.43. The average Bonchev–Trinajstić information content (AvgIpc) is 3.39. The highest BCUT2D eigenvalue weighted by atomic mass is 32.2. The number of carbonyl (C=O) groups is 3. The molecule has 17 heteroatoms. The van der Waals surface area contributed by atoms with Crippen molar-refractivity contribution in [2.24, 2.45) is 5.16 Å². The van der Waals surface area contributed by atoms with Crippen LogP contribution in [0, 0.1) is 6.92 Å². The standard InChI is InChI=1S/C16H15N7O5S5/c1-5-20-21-16(33-5)32-4-31-7-3-29-13-9(12(25)23(13)10(7)14(26)27)19-11(24)8(22-28)6-2-30-15(17)18-6/h2,9,13,28H,3-4H2,1H3,(H2,17,18)(H,19,24)(H,26,27)/b22-8-/t9-,13+/m1/s1. The van der Waals surface area contributed by atoms with Gasteiger partial charge < -0.3 is 21.4 Å². The zero-order chi connectivity index (χ0) is 23.7. The lowest BCUT2D eigenvalue weighted by atomic mass is 10.0. The molecule has 4 rings (SSSR count). The van der Waals surface area contributed by atoms with Crippen molar-refractivity contribution in [2.75, 3.05) is 16.6 Å². The summed E-state index contributed by atoms with van der Waals surface area (Å²) >= 11 is 6.63. The maximum atomic E-state index is 12.8. The van der Waals surface area contributed by atoms with E-state index in [2.05, 4.69) is 25.7 Å². The highest BCUT2D eigenvalue weighted by Gasteiger charge is 2.54. The molecule has 0 unspecified atom stereocenters. The summed E-state index contributed by atoms with van der Waals surface area (Å²) in [7, 11) is 0. The van der Waals surface area contributed by atoms with Gasteiger partial charge in [-0.1, -0.05) is 28.3 Å². The number of anilines is 1. The topological polar surface area (TPSA) is 184 Å². The van der Waals surface area contributed by atoms with Crippen LogP contribution in [0.2, 0.25) is 0 Å². The average molecular weight is 546 g/mol. The van der Waals surface area contributed by atoms with Crippen molar-refractivity contribution in [3.05, 3.63) is 26.7 Å². The number of aryl methyl sites for hydroxylation is 1. The first-order valence-electron chi connectivity index (χ1n) is 9.01. The number of aromatic nitrogens is 3. The van der Waals surface area contributed by atoms with E-state index in [-0.39, 0.29) is 22.2 Å². The molecule has 0 spiro atoms. The number of carboxylic acid groups (broad SMARTS) is 1. The Hall–Kier alpha value is -2.34. The molecule has 0 radical (unpaired) electrons. The van der Waals surface area contributed by atoms with Crippen LogP contribution in [0.25, 0.3) is 0 Å². The van der Waals surface area contributed by atoms with Crippen LogP contribution < -0.4 is 11.1 Å². The largest absolute Gasteiger partial charge is 0.477 e. The lowest BCUT2D eigenvalue weighted by Crippen LogP contribution is -2.71. The minimum atomic E-state index is -1.21. The summed E-state index contributed by atoms with van der Waals surface area (Å²) in [5.41, 5.74) is 5.15. The van der Waals surface area contributed by atoms with Crippen molar-refractivity contribution < 1.29 is 24.7 Å². The van der Waals surface area contributed by atoms with Crippen LogP contribution in [0.5, 0.6) is 0 Å². The molecule has 0 bridgehead atoms. The second-order valence-corrected chi connectivity index (χ2v) is 12.3. The summed E-state index contributed by atoms with van der Waals surface area (Å²) < 4.78 is 0.782. The highest BCUT2D eigenvalue weighted by molar-refractivity contribution is 8.18.